The van der Waals surface area contributed by atoms with Gasteiger partial charge < -0.3 is 40.1 Å². The fourth-order valence-corrected chi connectivity index (χ4v) is 12.7. The van der Waals surface area contributed by atoms with E-state index < -0.39 is 48.3 Å². The van der Waals surface area contributed by atoms with Crippen LogP contribution in [0.4, 0.5) is 0 Å². The molecule has 0 bridgehead atoms. The number of hydrogen-bond acceptors (Lipinski definition) is 8. The van der Waals surface area contributed by atoms with Crippen LogP contribution >= 0.6 is 0 Å². The third-order valence-corrected chi connectivity index (χ3v) is 15.2. The molecule has 0 aromatic carbocycles. The Morgan fingerprint density at radius 2 is 1.45 bits per heavy atom. The van der Waals surface area contributed by atoms with Crippen molar-refractivity contribution in [2.75, 3.05) is 6.61 Å². The van der Waals surface area contributed by atoms with Crippen LogP contribution < -0.4 is 0 Å². The molecule has 252 valence electrons. The minimum atomic E-state index is -1.37. The number of aliphatic hydroxyl groups excluding tert-OH is 6. The molecule has 8 heteroatoms. The zero-order valence-corrected chi connectivity index (χ0v) is 28.1. The van der Waals surface area contributed by atoms with Crippen LogP contribution in [0.3, 0.4) is 0 Å². The van der Waals surface area contributed by atoms with E-state index >= 15 is 0 Å². The lowest BCUT2D eigenvalue weighted by Gasteiger charge is -2.65. The first-order valence-electron chi connectivity index (χ1n) is 17.4. The second-order valence-electron chi connectivity index (χ2n) is 17.6. The largest absolute Gasteiger partial charge is 0.393 e. The van der Waals surface area contributed by atoms with E-state index in [0.717, 1.165) is 44.9 Å². The monoisotopic (exact) mass is 620 g/mol. The van der Waals surface area contributed by atoms with Gasteiger partial charge in [-0.2, -0.15) is 0 Å². The van der Waals surface area contributed by atoms with Crippen LogP contribution in [0, 0.1) is 56.7 Å². The first-order chi connectivity index (χ1) is 20.4. The number of aliphatic hydroxyl groups is 6. The fourth-order valence-electron chi connectivity index (χ4n) is 12.7. The Morgan fingerprint density at radius 1 is 0.818 bits per heavy atom. The summed E-state index contributed by atoms with van der Waals surface area (Å²) in [5.74, 6) is 0.626. The van der Waals surface area contributed by atoms with Crippen molar-refractivity contribution in [3.8, 4) is 0 Å². The SMILES string of the molecule is C=C(CC[C@@H](C)[C@H]1[C@@H](O)C[C@@]2(C)C3[C@@H](O)[C@@H](O)C4C(C)(C)[C@@H](O[C@@H]5OC[C@@H](O)[C@H](O)[C@H]5O)CC[C@@]45C[C@@]35CC[C@]12C)C(C)C. The quantitative estimate of drug-likeness (QED) is 0.187. The van der Waals surface area contributed by atoms with Gasteiger partial charge in [-0.1, -0.05) is 60.6 Å². The van der Waals surface area contributed by atoms with Crippen molar-refractivity contribution < 1.29 is 40.1 Å². The molecule has 6 N–H and O–H groups in total. The van der Waals surface area contributed by atoms with Crippen molar-refractivity contribution in [3.05, 3.63) is 12.2 Å². The molecule has 0 aromatic heterocycles. The predicted octanol–water partition coefficient (Wildman–Crippen LogP) is 3.79. The van der Waals surface area contributed by atoms with E-state index in [1.807, 2.05) is 0 Å². The van der Waals surface area contributed by atoms with Crippen molar-refractivity contribution in [2.24, 2.45) is 56.7 Å². The van der Waals surface area contributed by atoms with Crippen molar-refractivity contribution in [1.82, 2.24) is 0 Å². The summed E-state index contributed by atoms with van der Waals surface area (Å²) in [4.78, 5) is 0. The molecule has 6 fully saturated rings. The molecule has 2 unspecified atom stereocenters. The first-order valence-corrected chi connectivity index (χ1v) is 17.4. The molecular formula is C36H60O8. The number of fused-ring (bicyclic) bond motifs is 2. The number of allylic oxidation sites excluding steroid dienone is 1. The Balaban J connectivity index is 1.26. The summed E-state index contributed by atoms with van der Waals surface area (Å²) in [6, 6.07) is 0. The molecule has 16 atom stereocenters. The standard InChI is InChI=1S/C36H60O8/c1-18(2)19(3)9-10-20(4)24-21(37)15-34(8)30-27(41)26(40)29-32(5,6)23(44-31-28(42)25(39)22(38)16-43-31)11-12-35(29)17-36(30,35)14-13-33(24,34)7/h18,20-31,37-42H,3,9-17H2,1-2,4-8H3/t20-,21+,22-,23+,24+,25+,26-,27+,28-,29?,30?,31+,33-,34+,35-,36+/m1/s1. The van der Waals surface area contributed by atoms with E-state index in [-0.39, 0.29) is 52.1 Å². The van der Waals surface area contributed by atoms with E-state index in [1.54, 1.807) is 0 Å². The lowest BCUT2D eigenvalue weighted by atomic mass is 9.40. The molecule has 0 radical (unpaired) electrons. The van der Waals surface area contributed by atoms with Gasteiger partial charge in [-0.3, -0.25) is 0 Å². The predicted molar refractivity (Wildman–Crippen MR) is 166 cm³/mol. The summed E-state index contributed by atoms with van der Waals surface area (Å²) in [5.41, 5.74) is 0.0738. The van der Waals surface area contributed by atoms with Gasteiger partial charge in [-0.05, 0) is 102 Å². The van der Waals surface area contributed by atoms with Gasteiger partial charge in [0, 0.05) is 5.92 Å². The van der Waals surface area contributed by atoms with E-state index in [2.05, 4.69) is 55.0 Å². The maximum absolute atomic E-state index is 12.2. The summed E-state index contributed by atoms with van der Waals surface area (Å²) in [6.45, 7) is 19.7. The topological polar surface area (TPSA) is 140 Å². The number of rotatable bonds is 7. The molecule has 5 aliphatic carbocycles. The maximum atomic E-state index is 12.2. The molecular weight excluding hydrogens is 560 g/mol. The molecule has 2 spiro atoms. The van der Waals surface area contributed by atoms with Gasteiger partial charge in [0.2, 0.25) is 0 Å². The van der Waals surface area contributed by atoms with Crippen LogP contribution in [0.2, 0.25) is 0 Å². The molecule has 6 rings (SSSR count). The Labute approximate surface area is 264 Å². The number of hydrogen-bond donors (Lipinski definition) is 6. The Morgan fingerprint density at radius 3 is 2.11 bits per heavy atom. The normalized spacial score (nSPS) is 55.0. The molecule has 8 nitrogen and oxygen atoms in total. The highest BCUT2D eigenvalue weighted by atomic mass is 16.7. The zero-order chi connectivity index (χ0) is 32.4. The maximum Gasteiger partial charge on any atom is 0.186 e. The van der Waals surface area contributed by atoms with Crippen molar-refractivity contribution in [1.29, 1.82) is 0 Å². The van der Waals surface area contributed by atoms with Gasteiger partial charge in [0.25, 0.3) is 0 Å². The molecule has 1 aliphatic heterocycles. The van der Waals surface area contributed by atoms with E-state index in [9.17, 15) is 30.6 Å². The van der Waals surface area contributed by atoms with Gasteiger partial charge in [-0.25, -0.2) is 0 Å². The molecule has 5 saturated carbocycles. The van der Waals surface area contributed by atoms with Gasteiger partial charge in [0.1, 0.15) is 18.3 Å². The molecule has 1 saturated heterocycles. The van der Waals surface area contributed by atoms with Crippen LogP contribution in [0.15, 0.2) is 12.2 Å². The third-order valence-electron chi connectivity index (χ3n) is 15.2. The Hall–Kier alpha value is -0.580. The van der Waals surface area contributed by atoms with Crippen LogP contribution in [0.1, 0.15) is 99.8 Å². The Kier molecular flexibility index (Phi) is 8.11. The van der Waals surface area contributed by atoms with Gasteiger partial charge >= 0.3 is 0 Å². The average molecular weight is 621 g/mol. The minimum Gasteiger partial charge on any atom is -0.393 e. The summed E-state index contributed by atoms with van der Waals surface area (Å²) >= 11 is 0. The summed E-state index contributed by atoms with van der Waals surface area (Å²) < 4.78 is 12.0. The lowest BCUT2D eigenvalue weighted by molar-refractivity contribution is -0.311. The summed E-state index contributed by atoms with van der Waals surface area (Å²) in [6.07, 6.45) is -0.409. The van der Waals surface area contributed by atoms with E-state index in [0.29, 0.717) is 18.3 Å². The molecule has 1 heterocycles. The van der Waals surface area contributed by atoms with Crippen molar-refractivity contribution in [3.63, 3.8) is 0 Å². The highest BCUT2D eigenvalue weighted by Crippen LogP contribution is 2.89. The summed E-state index contributed by atoms with van der Waals surface area (Å²) in [5, 5.41) is 66.8. The minimum absolute atomic E-state index is 0.0856. The molecule has 6 aliphatic rings. The third kappa shape index (κ3) is 4.30. The summed E-state index contributed by atoms with van der Waals surface area (Å²) in [7, 11) is 0. The van der Waals surface area contributed by atoms with Crippen molar-refractivity contribution >= 4 is 0 Å². The van der Waals surface area contributed by atoms with Gasteiger partial charge in [-0.15, -0.1) is 0 Å². The second-order valence-corrected chi connectivity index (χ2v) is 17.6. The van der Waals surface area contributed by atoms with Gasteiger partial charge in [0.05, 0.1) is 31.0 Å². The second kappa shape index (κ2) is 10.7. The van der Waals surface area contributed by atoms with Crippen molar-refractivity contribution in [2.45, 2.75) is 149 Å². The Bertz CT molecular complexity index is 1130. The number of ether oxygens (including phenoxy) is 2. The first kappa shape index (κ1) is 33.3. The van der Waals surface area contributed by atoms with E-state index in [4.69, 9.17) is 9.47 Å². The molecule has 0 aromatic rings. The van der Waals surface area contributed by atoms with Crippen LogP contribution in [-0.2, 0) is 9.47 Å². The highest BCUT2D eigenvalue weighted by molar-refractivity contribution is 5.34. The lowest BCUT2D eigenvalue weighted by Crippen LogP contribution is -2.67. The highest BCUT2D eigenvalue weighted by Gasteiger charge is 2.86. The molecule has 44 heavy (non-hydrogen) atoms. The van der Waals surface area contributed by atoms with Crippen LogP contribution in [0.25, 0.3) is 0 Å². The van der Waals surface area contributed by atoms with Gasteiger partial charge in [0.15, 0.2) is 6.29 Å². The average Bonchev–Trinajstić information content (AvgIpc) is 3.51. The fraction of sp³-hybridized carbons (Fsp3) is 0.944. The molecule has 0 amide bonds. The van der Waals surface area contributed by atoms with Crippen LogP contribution in [0.5, 0.6) is 0 Å². The van der Waals surface area contributed by atoms with E-state index in [1.165, 1.54) is 5.57 Å². The zero-order valence-electron chi connectivity index (χ0n) is 28.1. The smallest absolute Gasteiger partial charge is 0.186 e. The van der Waals surface area contributed by atoms with Crippen LogP contribution in [-0.4, -0.2) is 86.3 Å².